The van der Waals surface area contributed by atoms with Crippen LogP contribution in [0.5, 0.6) is 0 Å². The van der Waals surface area contributed by atoms with E-state index in [1.807, 2.05) is 48.7 Å². The second kappa shape index (κ2) is 15.5. The van der Waals surface area contributed by atoms with Crippen LogP contribution in [0, 0.1) is 5.41 Å². The van der Waals surface area contributed by atoms with Crippen LogP contribution in [-0.4, -0.2) is 16.5 Å². The summed E-state index contributed by atoms with van der Waals surface area (Å²) in [6, 6.07) is 69.1. The molecule has 1 aliphatic rings. The van der Waals surface area contributed by atoms with E-state index in [4.69, 9.17) is 10.4 Å². The quantitative estimate of drug-likeness (QED) is 0.127. The summed E-state index contributed by atoms with van der Waals surface area (Å²) in [6.07, 6.45) is 7.83. The van der Waals surface area contributed by atoms with E-state index >= 15 is 0 Å². The Hall–Kier alpha value is -8.01. The van der Waals surface area contributed by atoms with Gasteiger partial charge in [-0.25, -0.2) is 4.99 Å². The van der Waals surface area contributed by atoms with Crippen LogP contribution in [0.15, 0.2) is 218 Å². The average Bonchev–Trinajstić information content (AvgIpc) is 3.58. The number of aliphatic imine (C=N–C) groups is 1. The lowest BCUT2D eigenvalue weighted by Gasteiger charge is -2.23. The van der Waals surface area contributed by atoms with Gasteiger partial charge >= 0.3 is 0 Å². The van der Waals surface area contributed by atoms with Gasteiger partial charge in [0.05, 0.1) is 5.71 Å². The van der Waals surface area contributed by atoms with E-state index < -0.39 is 0 Å². The van der Waals surface area contributed by atoms with Gasteiger partial charge in [-0.2, -0.15) is 0 Å². The number of rotatable bonds is 7. The molecule has 0 radical (unpaired) electrons. The van der Waals surface area contributed by atoms with Crippen LogP contribution in [0.3, 0.4) is 0 Å². The maximum Gasteiger partial charge on any atom is 0.152 e. The molecule has 1 N–H and O–H groups in total. The molecule has 9 aromatic carbocycles. The maximum atomic E-state index is 8.93. The Morgan fingerprint density at radius 3 is 1.86 bits per heavy atom. The summed E-state index contributed by atoms with van der Waals surface area (Å²) in [5.74, 6) is 0.212. The molecule has 1 heterocycles. The van der Waals surface area contributed by atoms with Crippen molar-refractivity contribution in [1.82, 2.24) is 4.98 Å². The van der Waals surface area contributed by atoms with Gasteiger partial charge in [-0.1, -0.05) is 202 Å². The van der Waals surface area contributed by atoms with Gasteiger partial charge < -0.3 is 0 Å². The summed E-state index contributed by atoms with van der Waals surface area (Å²) in [4.78, 5) is 9.20. The van der Waals surface area contributed by atoms with Crippen molar-refractivity contribution < 1.29 is 0 Å². The molecule has 0 unspecified atom stereocenters. The Kier molecular flexibility index (Phi) is 9.32. The van der Waals surface area contributed by atoms with Gasteiger partial charge in [0, 0.05) is 28.9 Å². The summed E-state index contributed by atoms with van der Waals surface area (Å²) < 4.78 is 0. The van der Waals surface area contributed by atoms with Crippen molar-refractivity contribution in [3.05, 3.63) is 240 Å². The zero-order chi connectivity index (χ0) is 42.5. The summed E-state index contributed by atoms with van der Waals surface area (Å²) in [5, 5.41) is 16.3. The summed E-state index contributed by atoms with van der Waals surface area (Å²) in [6.45, 7) is 4.74. The maximum absolute atomic E-state index is 8.93. The van der Waals surface area contributed by atoms with E-state index in [0.717, 1.165) is 33.2 Å². The van der Waals surface area contributed by atoms with Crippen molar-refractivity contribution in [2.75, 3.05) is 0 Å². The molecule has 0 saturated heterocycles. The highest BCUT2D eigenvalue weighted by atomic mass is 14.8. The zero-order valence-corrected chi connectivity index (χ0v) is 35.2. The Labute approximate surface area is 367 Å². The molecule has 1 aromatic heterocycles. The number of aromatic nitrogens is 1. The first-order valence-electron chi connectivity index (χ1n) is 21.6. The molecule has 0 saturated carbocycles. The third kappa shape index (κ3) is 6.66. The van der Waals surface area contributed by atoms with Crippen LogP contribution in [-0.2, 0) is 5.41 Å². The molecule has 0 bridgehead atoms. The SMILES string of the molecule is CC1(C)c2ccc(-c3ccc(-c4ccc(/C=C/C(=NC(=N)c5ccccc5)c5ccc(-c6cccnc6)cc5)c5ccccc45)c4ccccc34)cc2-c2ccc3ccccc3c21. The van der Waals surface area contributed by atoms with E-state index in [1.54, 1.807) is 6.20 Å². The highest BCUT2D eigenvalue weighted by Crippen LogP contribution is 2.52. The van der Waals surface area contributed by atoms with Gasteiger partial charge in [-0.3, -0.25) is 10.4 Å². The summed E-state index contributed by atoms with van der Waals surface area (Å²) in [7, 11) is 0. The minimum absolute atomic E-state index is 0.0931. The molecule has 63 heavy (non-hydrogen) atoms. The van der Waals surface area contributed by atoms with Crippen LogP contribution < -0.4 is 0 Å². The van der Waals surface area contributed by atoms with Gasteiger partial charge in [0.1, 0.15) is 0 Å². The molecule has 0 atom stereocenters. The fraction of sp³-hybridized carbons (Fsp3) is 0.0500. The van der Waals surface area contributed by atoms with E-state index in [1.165, 1.54) is 71.4 Å². The lowest BCUT2D eigenvalue weighted by Crippen LogP contribution is -2.15. The highest BCUT2D eigenvalue weighted by molar-refractivity contribution is 6.18. The molecular formula is C60H43N3. The first-order valence-corrected chi connectivity index (χ1v) is 21.6. The number of fused-ring (bicyclic) bond motifs is 7. The molecule has 0 fully saturated rings. The number of hydrogen-bond acceptors (Lipinski definition) is 2. The third-order valence-corrected chi connectivity index (χ3v) is 12.9. The number of amidine groups is 1. The van der Waals surface area contributed by atoms with Gasteiger partial charge in [0.15, 0.2) is 5.84 Å². The van der Waals surface area contributed by atoms with Crippen LogP contribution in [0.4, 0.5) is 0 Å². The van der Waals surface area contributed by atoms with Gasteiger partial charge in [0.2, 0.25) is 0 Å². The minimum Gasteiger partial charge on any atom is -0.282 e. The average molecular weight is 806 g/mol. The number of nitrogens with one attached hydrogen (secondary N) is 1. The van der Waals surface area contributed by atoms with Crippen molar-refractivity contribution in [1.29, 1.82) is 5.41 Å². The van der Waals surface area contributed by atoms with E-state index in [2.05, 4.69) is 183 Å². The first-order chi connectivity index (χ1) is 30.9. The number of nitrogens with zero attached hydrogens (tertiary/aromatic N) is 2. The summed E-state index contributed by atoms with van der Waals surface area (Å²) >= 11 is 0. The number of benzene rings is 9. The lowest BCUT2D eigenvalue weighted by molar-refractivity contribution is 0.666. The number of allylic oxidation sites excluding steroid dienone is 1. The standard InChI is InChI=1S/C60H43N3/c1-60(2)56-34-28-44(37-55(56)54-31-27-40-13-6-7-18-48(40)58(54)60)47-32-33-53(51-21-11-10-20-50(47)51)52-30-26-41(46-17-8-9-19-49(46)52)29-35-57(63-59(61)43-14-4-3-5-15-43)42-24-22-39(23-25-42)45-16-12-36-62-38-45/h3-38,61H,1-2H3/b35-29+,61-59?,63-57?. The molecule has 298 valence electrons. The molecule has 11 rings (SSSR count). The monoisotopic (exact) mass is 805 g/mol. The van der Waals surface area contributed by atoms with Gasteiger partial charge in [-0.05, 0) is 112 Å². The zero-order valence-electron chi connectivity index (χ0n) is 35.2. The van der Waals surface area contributed by atoms with E-state index in [9.17, 15) is 0 Å². The fourth-order valence-electron chi connectivity index (χ4n) is 9.79. The third-order valence-electron chi connectivity index (χ3n) is 12.9. The van der Waals surface area contributed by atoms with Crippen molar-refractivity contribution in [2.45, 2.75) is 19.3 Å². The van der Waals surface area contributed by atoms with Crippen molar-refractivity contribution in [3.8, 4) is 44.5 Å². The Bertz CT molecular complexity index is 3470. The predicted octanol–water partition coefficient (Wildman–Crippen LogP) is 15.4. The molecule has 3 heteroatoms. The van der Waals surface area contributed by atoms with Crippen molar-refractivity contribution in [2.24, 2.45) is 4.99 Å². The van der Waals surface area contributed by atoms with Crippen molar-refractivity contribution in [3.63, 3.8) is 0 Å². The normalized spacial score (nSPS) is 13.1. The Morgan fingerprint density at radius 2 is 1.11 bits per heavy atom. The summed E-state index contributed by atoms with van der Waals surface area (Å²) in [5.41, 5.74) is 15.8. The number of pyridine rings is 1. The topological polar surface area (TPSA) is 49.1 Å². The largest absolute Gasteiger partial charge is 0.282 e. The van der Waals surface area contributed by atoms with Gasteiger partial charge in [-0.15, -0.1) is 0 Å². The van der Waals surface area contributed by atoms with Crippen LogP contribution in [0.1, 0.15) is 41.7 Å². The number of hydrogen-bond donors (Lipinski definition) is 1. The Morgan fingerprint density at radius 1 is 0.492 bits per heavy atom. The second-order valence-electron chi connectivity index (χ2n) is 16.9. The van der Waals surface area contributed by atoms with Crippen LogP contribution in [0.25, 0.3) is 82.9 Å². The van der Waals surface area contributed by atoms with E-state index in [-0.39, 0.29) is 11.3 Å². The van der Waals surface area contributed by atoms with Crippen LogP contribution in [0.2, 0.25) is 0 Å². The molecular weight excluding hydrogens is 763 g/mol. The molecule has 0 aliphatic heterocycles. The molecule has 10 aromatic rings. The molecule has 0 spiro atoms. The first kappa shape index (κ1) is 38.0. The van der Waals surface area contributed by atoms with E-state index in [0.29, 0.717) is 5.71 Å². The van der Waals surface area contributed by atoms with Gasteiger partial charge in [0.25, 0.3) is 0 Å². The molecule has 3 nitrogen and oxygen atoms in total. The predicted molar refractivity (Wildman–Crippen MR) is 266 cm³/mol. The molecule has 0 amide bonds. The lowest BCUT2D eigenvalue weighted by atomic mass is 9.80. The second-order valence-corrected chi connectivity index (χ2v) is 16.9. The minimum atomic E-state index is -0.0931. The van der Waals surface area contributed by atoms with Crippen molar-refractivity contribution >= 4 is 49.9 Å². The fourth-order valence-corrected chi connectivity index (χ4v) is 9.79. The smallest absolute Gasteiger partial charge is 0.152 e. The molecule has 1 aliphatic carbocycles. The Balaban J connectivity index is 0.979. The highest BCUT2D eigenvalue weighted by Gasteiger charge is 2.37. The van der Waals surface area contributed by atoms with Crippen LogP contribution >= 0.6 is 0 Å².